The van der Waals surface area contributed by atoms with Crippen LogP contribution in [0.2, 0.25) is 0 Å². The highest BCUT2D eigenvalue weighted by atomic mass is 35.5. The summed E-state index contributed by atoms with van der Waals surface area (Å²) in [6.45, 7) is 1.77. The Hall–Kier alpha value is -1.58. The molecule has 1 N–H and O–H groups in total. The molecule has 0 saturated carbocycles. The molecule has 0 aromatic heterocycles. The van der Waals surface area contributed by atoms with Crippen LogP contribution in [-0.2, 0) is 5.60 Å². The third kappa shape index (κ3) is 4.45. The van der Waals surface area contributed by atoms with Gasteiger partial charge in [0.25, 0.3) is 0 Å². The van der Waals surface area contributed by atoms with Gasteiger partial charge in [-0.05, 0) is 49.6 Å². The Morgan fingerprint density at radius 2 is 1.86 bits per heavy atom. The molecular weight excluding hydrogens is 291 g/mol. The molecule has 0 aliphatic rings. The van der Waals surface area contributed by atoms with E-state index < -0.39 is 5.60 Å². The van der Waals surface area contributed by atoms with Gasteiger partial charge in [0.1, 0.15) is 17.3 Å². The molecule has 0 spiro atoms. The maximum atomic E-state index is 13.1. The number of rotatable bonds is 6. The first kappa shape index (κ1) is 15.8. The molecule has 1 unspecified atom stereocenters. The molecule has 2 aromatic rings. The summed E-state index contributed by atoms with van der Waals surface area (Å²) in [6, 6.07) is 13.1. The number of ether oxygens (including phenoxy) is 1. The lowest BCUT2D eigenvalue weighted by atomic mass is 9.91. The van der Waals surface area contributed by atoms with Crippen LogP contribution < -0.4 is 4.74 Å². The molecule has 21 heavy (non-hydrogen) atoms. The highest BCUT2D eigenvalue weighted by Crippen LogP contribution is 2.29. The zero-order valence-corrected chi connectivity index (χ0v) is 12.6. The van der Waals surface area contributed by atoms with Gasteiger partial charge in [0.05, 0.1) is 5.60 Å². The van der Waals surface area contributed by atoms with Gasteiger partial charge < -0.3 is 9.84 Å². The molecule has 0 bridgehead atoms. The van der Waals surface area contributed by atoms with Gasteiger partial charge in [-0.3, -0.25) is 0 Å². The molecule has 1 atom stereocenters. The summed E-state index contributed by atoms with van der Waals surface area (Å²) < 4.78 is 18.7. The van der Waals surface area contributed by atoms with E-state index in [0.717, 1.165) is 12.0 Å². The molecule has 2 rings (SSSR count). The summed E-state index contributed by atoms with van der Waals surface area (Å²) in [5, 5.41) is 10.4. The standard InChI is InChI=1S/C17H18ClFO2/c1-17(20,10-3-11-18)13-6-8-15(9-7-13)21-16-5-2-4-14(19)12-16/h2,4-9,12,20H,3,10-11H2,1H3. The number of benzene rings is 2. The largest absolute Gasteiger partial charge is 0.457 e. The first-order valence-corrected chi connectivity index (χ1v) is 7.37. The summed E-state index contributed by atoms with van der Waals surface area (Å²) >= 11 is 5.66. The first-order valence-electron chi connectivity index (χ1n) is 6.83. The Bertz CT molecular complexity index is 582. The van der Waals surface area contributed by atoms with E-state index in [2.05, 4.69) is 0 Å². The lowest BCUT2D eigenvalue weighted by molar-refractivity contribution is 0.0471. The summed E-state index contributed by atoms with van der Waals surface area (Å²) in [5.74, 6) is 1.22. The van der Waals surface area contributed by atoms with E-state index in [1.54, 1.807) is 31.2 Å². The van der Waals surface area contributed by atoms with Gasteiger partial charge >= 0.3 is 0 Å². The molecule has 2 aromatic carbocycles. The van der Waals surface area contributed by atoms with Crippen molar-refractivity contribution in [1.29, 1.82) is 0 Å². The number of hydrogen-bond acceptors (Lipinski definition) is 2. The van der Waals surface area contributed by atoms with Crippen LogP contribution >= 0.6 is 11.6 Å². The van der Waals surface area contributed by atoms with Crippen LogP contribution in [0.1, 0.15) is 25.3 Å². The monoisotopic (exact) mass is 308 g/mol. The highest BCUT2D eigenvalue weighted by molar-refractivity contribution is 6.17. The van der Waals surface area contributed by atoms with Crippen molar-refractivity contribution in [2.75, 3.05) is 5.88 Å². The average Bonchev–Trinajstić information content (AvgIpc) is 2.46. The maximum Gasteiger partial charge on any atom is 0.130 e. The van der Waals surface area contributed by atoms with Crippen LogP contribution in [0.15, 0.2) is 48.5 Å². The van der Waals surface area contributed by atoms with Gasteiger partial charge in [-0.25, -0.2) is 4.39 Å². The van der Waals surface area contributed by atoms with E-state index >= 15 is 0 Å². The fourth-order valence-corrected chi connectivity index (χ4v) is 2.24. The van der Waals surface area contributed by atoms with Crippen LogP contribution in [-0.4, -0.2) is 11.0 Å². The van der Waals surface area contributed by atoms with Crippen LogP contribution in [0.3, 0.4) is 0 Å². The maximum absolute atomic E-state index is 13.1. The average molecular weight is 309 g/mol. The van der Waals surface area contributed by atoms with Crippen LogP contribution in [0.25, 0.3) is 0 Å². The second kappa shape index (κ2) is 6.92. The minimum absolute atomic E-state index is 0.340. The molecule has 0 fully saturated rings. The normalized spacial score (nSPS) is 13.7. The second-order valence-corrected chi connectivity index (χ2v) is 5.53. The third-order valence-corrected chi connectivity index (χ3v) is 3.57. The topological polar surface area (TPSA) is 29.5 Å². The Labute approximate surface area is 129 Å². The Kier molecular flexibility index (Phi) is 5.21. The van der Waals surface area contributed by atoms with Crippen LogP contribution in [0, 0.1) is 5.82 Å². The predicted molar refractivity (Wildman–Crippen MR) is 82.4 cm³/mol. The van der Waals surface area contributed by atoms with Crippen molar-refractivity contribution in [2.45, 2.75) is 25.4 Å². The van der Waals surface area contributed by atoms with E-state index in [-0.39, 0.29) is 5.82 Å². The van der Waals surface area contributed by atoms with Crippen molar-refractivity contribution in [2.24, 2.45) is 0 Å². The van der Waals surface area contributed by atoms with Crippen molar-refractivity contribution in [3.05, 3.63) is 59.9 Å². The molecular formula is C17H18ClFO2. The van der Waals surface area contributed by atoms with Gasteiger partial charge in [-0.15, -0.1) is 11.6 Å². The summed E-state index contributed by atoms with van der Waals surface area (Å²) in [5.41, 5.74) is -0.106. The van der Waals surface area contributed by atoms with Crippen molar-refractivity contribution in [3.8, 4) is 11.5 Å². The van der Waals surface area contributed by atoms with E-state index in [4.69, 9.17) is 16.3 Å². The first-order chi connectivity index (χ1) is 10.0. The molecule has 4 heteroatoms. The Balaban J connectivity index is 2.08. The van der Waals surface area contributed by atoms with Crippen molar-refractivity contribution in [1.82, 2.24) is 0 Å². The third-order valence-electron chi connectivity index (χ3n) is 3.31. The summed E-state index contributed by atoms with van der Waals surface area (Å²) in [6.07, 6.45) is 1.34. The fourth-order valence-electron chi connectivity index (χ4n) is 2.10. The SMILES string of the molecule is CC(O)(CCCCl)c1ccc(Oc2cccc(F)c2)cc1. The van der Waals surface area contributed by atoms with Gasteiger partial charge in [-0.1, -0.05) is 18.2 Å². The lowest BCUT2D eigenvalue weighted by Crippen LogP contribution is -2.21. The molecule has 0 aliphatic carbocycles. The molecule has 0 heterocycles. The number of hydrogen-bond donors (Lipinski definition) is 1. The molecule has 0 aliphatic heterocycles. The number of halogens is 2. The molecule has 112 valence electrons. The Morgan fingerprint density at radius 1 is 1.14 bits per heavy atom. The van der Waals surface area contributed by atoms with Gasteiger partial charge in [-0.2, -0.15) is 0 Å². The zero-order valence-electron chi connectivity index (χ0n) is 11.9. The van der Waals surface area contributed by atoms with Gasteiger partial charge in [0, 0.05) is 11.9 Å². The van der Waals surface area contributed by atoms with Crippen LogP contribution in [0.5, 0.6) is 11.5 Å². The van der Waals surface area contributed by atoms with Crippen molar-refractivity contribution in [3.63, 3.8) is 0 Å². The fraction of sp³-hybridized carbons (Fsp3) is 0.294. The smallest absolute Gasteiger partial charge is 0.130 e. The second-order valence-electron chi connectivity index (χ2n) is 5.15. The molecule has 0 amide bonds. The minimum atomic E-state index is -0.910. The predicted octanol–water partition coefficient (Wildman–Crippen LogP) is 4.84. The van der Waals surface area contributed by atoms with Gasteiger partial charge in [0.15, 0.2) is 0 Å². The number of alkyl halides is 1. The molecule has 0 saturated heterocycles. The van der Waals surface area contributed by atoms with Gasteiger partial charge in [0.2, 0.25) is 0 Å². The minimum Gasteiger partial charge on any atom is -0.457 e. The van der Waals surface area contributed by atoms with E-state index in [1.807, 2.05) is 12.1 Å². The zero-order chi connectivity index (χ0) is 15.3. The Morgan fingerprint density at radius 3 is 2.48 bits per heavy atom. The quantitative estimate of drug-likeness (QED) is 0.773. The highest BCUT2D eigenvalue weighted by Gasteiger charge is 2.22. The van der Waals surface area contributed by atoms with Crippen molar-refractivity contribution < 1.29 is 14.2 Å². The van der Waals surface area contributed by atoms with E-state index in [1.165, 1.54) is 12.1 Å². The summed E-state index contributed by atoms with van der Waals surface area (Å²) in [7, 11) is 0. The molecule has 0 radical (unpaired) electrons. The number of aliphatic hydroxyl groups is 1. The lowest BCUT2D eigenvalue weighted by Gasteiger charge is -2.23. The molecule has 2 nitrogen and oxygen atoms in total. The van der Waals surface area contributed by atoms with Crippen molar-refractivity contribution >= 4 is 11.6 Å². The summed E-state index contributed by atoms with van der Waals surface area (Å²) in [4.78, 5) is 0. The van der Waals surface area contributed by atoms with E-state index in [9.17, 15) is 9.50 Å². The van der Waals surface area contributed by atoms with Crippen LogP contribution in [0.4, 0.5) is 4.39 Å². The van der Waals surface area contributed by atoms with E-state index in [0.29, 0.717) is 23.8 Å².